The van der Waals surface area contributed by atoms with Crippen LogP contribution in [0.3, 0.4) is 0 Å². The quantitative estimate of drug-likeness (QED) is 0.546. The van der Waals surface area contributed by atoms with Gasteiger partial charge < -0.3 is 15.5 Å². The van der Waals surface area contributed by atoms with Gasteiger partial charge in [-0.2, -0.15) is 0 Å². The summed E-state index contributed by atoms with van der Waals surface area (Å²) in [5.41, 5.74) is 0.682. The van der Waals surface area contributed by atoms with E-state index in [1.165, 1.54) is 31.0 Å². The molecule has 4 saturated carbocycles. The second-order valence-corrected chi connectivity index (χ2v) is 12.6. The second kappa shape index (κ2) is 9.38. The molecule has 5 rings (SSSR count). The molecule has 4 bridgehead atoms. The van der Waals surface area contributed by atoms with Gasteiger partial charge in [0.15, 0.2) is 0 Å². The smallest absolute Gasteiger partial charge is 0.252 e. The van der Waals surface area contributed by atoms with Crippen LogP contribution in [0, 0.1) is 23.2 Å². The lowest BCUT2D eigenvalue weighted by Crippen LogP contribution is -2.60. The zero-order valence-electron chi connectivity index (χ0n) is 20.1. The summed E-state index contributed by atoms with van der Waals surface area (Å²) in [5, 5.41) is 6.54. The molecular formula is C26H39N3O2S. The molecule has 176 valence electrons. The van der Waals surface area contributed by atoms with Gasteiger partial charge in [-0.15, -0.1) is 11.8 Å². The molecule has 0 radical (unpaired) electrons. The highest BCUT2D eigenvalue weighted by Gasteiger charge is 2.51. The fourth-order valence-electron chi connectivity index (χ4n) is 6.85. The molecule has 0 aromatic heterocycles. The number of hydrogen-bond acceptors (Lipinski definition) is 4. The second-order valence-electron chi connectivity index (χ2n) is 11.6. The molecule has 0 heterocycles. The van der Waals surface area contributed by atoms with E-state index in [4.69, 9.17) is 0 Å². The third-order valence-electron chi connectivity index (χ3n) is 7.41. The van der Waals surface area contributed by atoms with Crippen LogP contribution in [0.15, 0.2) is 29.2 Å². The standard InChI is InChI=1S/C26H39N3O2S/c1-25(2,17-29(3)4)16-27-24(31)21-7-5-6-8-22(21)32-15-23(30)28-26-12-18-9-19(13-26)11-20(10-18)14-26/h5-8,18-20H,9-17H2,1-4H3,(H,27,31)(H,28,30). The van der Waals surface area contributed by atoms with Crippen molar-refractivity contribution in [3.63, 3.8) is 0 Å². The van der Waals surface area contributed by atoms with Crippen LogP contribution >= 0.6 is 11.8 Å². The van der Waals surface area contributed by atoms with E-state index in [2.05, 4.69) is 29.4 Å². The fourth-order valence-corrected chi connectivity index (χ4v) is 7.70. The van der Waals surface area contributed by atoms with Crippen molar-refractivity contribution in [3.05, 3.63) is 29.8 Å². The van der Waals surface area contributed by atoms with E-state index in [9.17, 15) is 9.59 Å². The minimum absolute atomic E-state index is 0.0149. The molecule has 0 atom stereocenters. The summed E-state index contributed by atoms with van der Waals surface area (Å²) in [6.45, 7) is 5.81. The van der Waals surface area contributed by atoms with E-state index in [1.54, 1.807) is 0 Å². The molecule has 2 amide bonds. The van der Waals surface area contributed by atoms with Gasteiger partial charge in [-0.1, -0.05) is 26.0 Å². The van der Waals surface area contributed by atoms with Crippen LogP contribution in [0.1, 0.15) is 62.7 Å². The number of nitrogens with one attached hydrogen (secondary N) is 2. The Morgan fingerprint density at radius 3 is 2.25 bits per heavy atom. The van der Waals surface area contributed by atoms with Crippen molar-refractivity contribution in [2.24, 2.45) is 23.2 Å². The van der Waals surface area contributed by atoms with Gasteiger partial charge in [0.05, 0.1) is 11.3 Å². The van der Waals surface area contributed by atoms with Crippen molar-refractivity contribution >= 4 is 23.6 Å². The van der Waals surface area contributed by atoms with Gasteiger partial charge in [0.2, 0.25) is 5.91 Å². The maximum atomic E-state index is 12.9. The molecule has 0 spiro atoms. The maximum absolute atomic E-state index is 12.9. The van der Waals surface area contributed by atoms with Gasteiger partial charge in [0, 0.05) is 23.5 Å². The Morgan fingerprint density at radius 2 is 1.66 bits per heavy atom. The number of carbonyl (C=O) groups is 2. The predicted octanol–water partition coefficient (Wildman–Crippen LogP) is 4.18. The number of hydrogen-bond donors (Lipinski definition) is 2. The highest BCUT2D eigenvalue weighted by atomic mass is 32.2. The Balaban J connectivity index is 1.32. The molecule has 4 fully saturated rings. The van der Waals surface area contributed by atoms with Crippen LogP contribution in [-0.4, -0.2) is 55.2 Å². The number of amides is 2. The number of benzene rings is 1. The highest BCUT2D eigenvalue weighted by molar-refractivity contribution is 8.00. The van der Waals surface area contributed by atoms with E-state index in [-0.39, 0.29) is 22.8 Å². The topological polar surface area (TPSA) is 61.4 Å². The van der Waals surface area contributed by atoms with Crippen LogP contribution in [-0.2, 0) is 4.79 Å². The van der Waals surface area contributed by atoms with Crippen molar-refractivity contribution in [1.29, 1.82) is 0 Å². The third-order valence-corrected chi connectivity index (χ3v) is 8.48. The molecule has 4 aliphatic rings. The zero-order chi connectivity index (χ0) is 22.9. The van der Waals surface area contributed by atoms with Gasteiger partial charge >= 0.3 is 0 Å². The molecule has 2 N–H and O–H groups in total. The maximum Gasteiger partial charge on any atom is 0.252 e. The summed E-state index contributed by atoms with van der Waals surface area (Å²) in [4.78, 5) is 28.8. The zero-order valence-corrected chi connectivity index (χ0v) is 20.9. The number of rotatable bonds is 9. The minimum atomic E-state index is -0.0681. The van der Waals surface area contributed by atoms with Crippen molar-refractivity contribution < 1.29 is 9.59 Å². The first-order valence-corrected chi connectivity index (χ1v) is 13.1. The number of nitrogens with zero attached hydrogens (tertiary/aromatic N) is 1. The normalized spacial score (nSPS) is 28.7. The largest absolute Gasteiger partial charge is 0.351 e. The van der Waals surface area contributed by atoms with Crippen LogP contribution in [0.5, 0.6) is 0 Å². The third kappa shape index (κ3) is 5.69. The van der Waals surface area contributed by atoms with E-state index >= 15 is 0 Å². The molecule has 1 aromatic rings. The van der Waals surface area contributed by atoms with Gasteiger partial charge in [-0.3, -0.25) is 9.59 Å². The predicted molar refractivity (Wildman–Crippen MR) is 131 cm³/mol. The first-order chi connectivity index (χ1) is 15.1. The Labute approximate surface area is 197 Å². The van der Waals surface area contributed by atoms with Gasteiger partial charge in [-0.25, -0.2) is 0 Å². The first kappa shape index (κ1) is 23.6. The van der Waals surface area contributed by atoms with E-state index in [0.717, 1.165) is 48.5 Å². The first-order valence-electron chi connectivity index (χ1n) is 12.1. The highest BCUT2D eigenvalue weighted by Crippen LogP contribution is 2.55. The molecule has 5 nitrogen and oxygen atoms in total. The summed E-state index contributed by atoms with van der Waals surface area (Å²) in [7, 11) is 4.09. The number of thioether (sulfide) groups is 1. The summed E-state index contributed by atoms with van der Waals surface area (Å²) in [6, 6.07) is 7.63. The SMILES string of the molecule is CN(C)CC(C)(C)CNC(=O)c1ccccc1SCC(=O)NC12CC3CC(CC(C3)C1)C2. The molecule has 0 unspecified atom stereocenters. The summed E-state index contributed by atoms with van der Waals surface area (Å²) in [5.74, 6) is 2.85. The summed E-state index contributed by atoms with van der Waals surface area (Å²) >= 11 is 1.47. The molecule has 0 saturated heterocycles. The van der Waals surface area contributed by atoms with Crippen LogP contribution in [0.4, 0.5) is 0 Å². The molecule has 1 aromatic carbocycles. The molecule has 4 aliphatic carbocycles. The van der Waals surface area contributed by atoms with Gasteiger partial charge in [0.25, 0.3) is 5.91 Å². The van der Waals surface area contributed by atoms with Crippen LogP contribution < -0.4 is 10.6 Å². The van der Waals surface area contributed by atoms with Gasteiger partial charge in [0.1, 0.15) is 0 Å². The Hall–Kier alpha value is -1.53. The van der Waals surface area contributed by atoms with E-state index in [0.29, 0.717) is 17.9 Å². The summed E-state index contributed by atoms with van der Waals surface area (Å²) < 4.78 is 0. The average Bonchev–Trinajstić information content (AvgIpc) is 2.68. The Bertz CT molecular complexity index is 816. The van der Waals surface area contributed by atoms with Crippen molar-refractivity contribution in [2.45, 2.75) is 62.8 Å². The van der Waals surface area contributed by atoms with Crippen molar-refractivity contribution in [2.75, 3.05) is 32.9 Å². The molecule has 0 aliphatic heterocycles. The average molecular weight is 458 g/mol. The van der Waals surface area contributed by atoms with Crippen molar-refractivity contribution in [1.82, 2.24) is 15.5 Å². The monoisotopic (exact) mass is 457 g/mol. The van der Waals surface area contributed by atoms with Crippen molar-refractivity contribution in [3.8, 4) is 0 Å². The minimum Gasteiger partial charge on any atom is -0.351 e. The Kier molecular flexibility index (Phi) is 6.92. The molecule has 32 heavy (non-hydrogen) atoms. The fraction of sp³-hybridized carbons (Fsp3) is 0.692. The van der Waals surface area contributed by atoms with E-state index < -0.39 is 0 Å². The van der Waals surface area contributed by atoms with Crippen LogP contribution in [0.2, 0.25) is 0 Å². The van der Waals surface area contributed by atoms with E-state index in [1.807, 2.05) is 38.4 Å². The summed E-state index contributed by atoms with van der Waals surface area (Å²) in [6.07, 6.45) is 7.61. The van der Waals surface area contributed by atoms with Crippen LogP contribution in [0.25, 0.3) is 0 Å². The lowest BCUT2D eigenvalue weighted by Gasteiger charge is -2.56. The number of carbonyl (C=O) groups excluding carboxylic acids is 2. The molecular weight excluding hydrogens is 418 g/mol. The van der Waals surface area contributed by atoms with Gasteiger partial charge in [-0.05, 0) is 87.9 Å². The lowest BCUT2D eigenvalue weighted by atomic mass is 9.53. The Morgan fingerprint density at radius 1 is 1.06 bits per heavy atom. The lowest BCUT2D eigenvalue weighted by molar-refractivity contribution is -0.124. The molecule has 6 heteroatoms.